The monoisotopic (exact) mass is 495 g/mol. The van der Waals surface area contributed by atoms with Crippen LogP contribution >= 0.6 is 11.8 Å². The summed E-state index contributed by atoms with van der Waals surface area (Å²) in [7, 11) is -3.64. The predicted molar refractivity (Wildman–Crippen MR) is 123 cm³/mol. The van der Waals surface area contributed by atoms with E-state index in [0.29, 0.717) is 24.2 Å². The first kappa shape index (κ1) is 24.0. The molecular weight excluding hydrogens is 466 g/mol. The molecule has 4 rings (SSSR count). The van der Waals surface area contributed by atoms with Crippen LogP contribution in [-0.4, -0.2) is 89.8 Å². The van der Waals surface area contributed by atoms with Gasteiger partial charge in [0.1, 0.15) is 6.04 Å². The largest absolute Gasteiger partial charge is 0.454 e. The van der Waals surface area contributed by atoms with Gasteiger partial charge in [0.2, 0.25) is 15.9 Å². The van der Waals surface area contributed by atoms with Crippen LogP contribution in [0.25, 0.3) is 0 Å². The lowest BCUT2D eigenvalue weighted by atomic mass is 10.2. The smallest absolute Gasteiger partial charge is 0.330 e. The van der Waals surface area contributed by atoms with Crippen LogP contribution in [0.4, 0.5) is 0 Å². The van der Waals surface area contributed by atoms with E-state index in [-0.39, 0.29) is 47.8 Å². The molecule has 2 atom stereocenters. The molecule has 1 aromatic carbocycles. The van der Waals surface area contributed by atoms with Crippen LogP contribution in [0.1, 0.15) is 30.9 Å². The highest BCUT2D eigenvalue weighted by Crippen LogP contribution is 2.47. The number of aryl methyl sites for hydroxylation is 2. The average Bonchev–Trinajstić information content (AvgIpc) is 3.27. The molecule has 0 aromatic heterocycles. The summed E-state index contributed by atoms with van der Waals surface area (Å²) < 4.78 is 32.7. The van der Waals surface area contributed by atoms with Gasteiger partial charge in [-0.15, -0.1) is 11.8 Å². The van der Waals surface area contributed by atoms with Gasteiger partial charge in [-0.25, -0.2) is 13.2 Å². The third-order valence-corrected chi connectivity index (χ3v) is 10.2. The maximum absolute atomic E-state index is 13.0. The third kappa shape index (κ3) is 4.50. The molecule has 2 amide bonds. The Labute approximate surface area is 198 Å². The molecule has 9 nitrogen and oxygen atoms in total. The first-order valence-corrected chi connectivity index (χ1v) is 13.4. The molecule has 11 heteroatoms. The van der Waals surface area contributed by atoms with Gasteiger partial charge < -0.3 is 14.5 Å². The van der Waals surface area contributed by atoms with E-state index in [0.717, 1.165) is 5.56 Å². The molecule has 0 N–H and O–H groups in total. The van der Waals surface area contributed by atoms with E-state index in [9.17, 15) is 22.8 Å². The number of hydrogen-bond donors (Lipinski definition) is 0. The van der Waals surface area contributed by atoms with Crippen LogP contribution in [0.15, 0.2) is 23.1 Å². The highest BCUT2D eigenvalue weighted by Gasteiger charge is 2.53. The maximum atomic E-state index is 13.0. The summed E-state index contributed by atoms with van der Waals surface area (Å²) in [6, 6.07) is 4.56. The molecule has 0 saturated carbocycles. The fraction of sp³-hybridized carbons (Fsp3) is 0.591. The lowest BCUT2D eigenvalue weighted by Gasteiger charge is -2.34. The van der Waals surface area contributed by atoms with Crippen molar-refractivity contribution in [1.29, 1.82) is 0 Å². The number of esters is 1. The van der Waals surface area contributed by atoms with E-state index < -0.39 is 28.6 Å². The Morgan fingerprint density at radius 2 is 1.88 bits per heavy atom. The average molecular weight is 496 g/mol. The van der Waals surface area contributed by atoms with Crippen LogP contribution in [0.2, 0.25) is 0 Å². The van der Waals surface area contributed by atoms with Crippen molar-refractivity contribution in [1.82, 2.24) is 14.1 Å². The van der Waals surface area contributed by atoms with E-state index in [1.165, 1.54) is 9.21 Å². The number of benzene rings is 1. The quantitative estimate of drug-likeness (QED) is 0.564. The third-order valence-electron chi connectivity index (χ3n) is 6.59. The summed E-state index contributed by atoms with van der Waals surface area (Å²) in [5, 5.41) is 0. The zero-order chi connectivity index (χ0) is 24.0. The van der Waals surface area contributed by atoms with Gasteiger partial charge in [0.25, 0.3) is 5.91 Å². The van der Waals surface area contributed by atoms with Gasteiger partial charge in [0.05, 0.1) is 9.77 Å². The molecule has 1 aromatic rings. The summed E-state index contributed by atoms with van der Waals surface area (Å²) in [6.07, 6.45) is 1.12. The Morgan fingerprint density at radius 1 is 1.18 bits per heavy atom. The molecule has 3 aliphatic rings. The summed E-state index contributed by atoms with van der Waals surface area (Å²) in [6.45, 7) is 6.02. The molecule has 3 fully saturated rings. The van der Waals surface area contributed by atoms with Crippen LogP contribution in [-0.2, 0) is 29.1 Å². The number of amides is 2. The first-order chi connectivity index (χ1) is 15.5. The van der Waals surface area contributed by atoms with Crippen molar-refractivity contribution in [3.63, 3.8) is 0 Å². The van der Waals surface area contributed by atoms with E-state index in [4.69, 9.17) is 4.74 Å². The van der Waals surface area contributed by atoms with Gasteiger partial charge in [-0.1, -0.05) is 17.7 Å². The van der Waals surface area contributed by atoms with Crippen molar-refractivity contribution in [3.05, 3.63) is 29.3 Å². The minimum atomic E-state index is -3.64. The molecule has 3 saturated heterocycles. The molecule has 3 aliphatic heterocycles. The number of fused-ring (bicyclic) bond motifs is 1. The SMILES string of the molecule is Cc1ccc(S(=O)(=O)N2CCN(C(=O)COC(=O)[C@@H]3CS[C@]4(C)CCC(=O)N34)CC2)c(C)c1. The molecule has 0 bridgehead atoms. The second kappa shape index (κ2) is 8.92. The van der Waals surface area contributed by atoms with Gasteiger partial charge in [0, 0.05) is 38.4 Å². The van der Waals surface area contributed by atoms with E-state index in [2.05, 4.69) is 0 Å². The topological polar surface area (TPSA) is 104 Å². The maximum Gasteiger partial charge on any atom is 0.330 e. The number of carbonyl (C=O) groups is 3. The van der Waals surface area contributed by atoms with Crippen molar-refractivity contribution >= 4 is 39.6 Å². The first-order valence-electron chi connectivity index (χ1n) is 11.0. The molecule has 0 radical (unpaired) electrons. The van der Waals surface area contributed by atoms with Crippen molar-refractivity contribution in [2.75, 3.05) is 38.5 Å². The molecule has 0 aliphatic carbocycles. The minimum absolute atomic E-state index is 0.0584. The van der Waals surface area contributed by atoms with Gasteiger partial charge in [-0.3, -0.25) is 9.59 Å². The van der Waals surface area contributed by atoms with Gasteiger partial charge in [-0.05, 0) is 38.8 Å². The second-order valence-corrected chi connectivity index (χ2v) is 12.3. The van der Waals surface area contributed by atoms with Crippen LogP contribution in [0.5, 0.6) is 0 Å². The van der Waals surface area contributed by atoms with Gasteiger partial charge in [0.15, 0.2) is 6.61 Å². The van der Waals surface area contributed by atoms with Gasteiger partial charge in [-0.2, -0.15) is 4.31 Å². The lowest BCUT2D eigenvalue weighted by Crippen LogP contribution is -2.52. The highest BCUT2D eigenvalue weighted by atomic mass is 32.2. The van der Waals surface area contributed by atoms with Crippen LogP contribution < -0.4 is 0 Å². The fourth-order valence-corrected chi connectivity index (χ4v) is 7.77. The number of sulfonamides is 1. The van der Waals surface area contributed by atoms with Crippen molar-refractivity contribution < 1.29 is 27.5 Å². The zero-order valence-corrected chi connectivity index (χ0v) is 20.7. The van der Waals surface area contributed by atoms with E-state index in [1.807, 2.05) is 19.9 Å². The minimum Gasteiger partial charge on any atom is -0.454 e. The zero-order valence-electron chi connectivity index (χ0n) is 19.1. The van der Waals surface area contributed by atoms with Crippen LogP contribution in [0, 0.1) is 13.8 Å². The molecular formula is C22H29N3O6S2. The Balaban J connectivity index is 1.30. The Hall–Kier alpha value is -2.11. The van der Waals surface area contributed by atoms with Crippen molar-refractivity contribution in [2.24, 2.45) is 0 Å². The van der Waals surface area contributed by atoms with E-state index in [1.54, 1.807) is 35.7 Å². The summed E-state index contributed by atoms with van der Waals surface area (Å²) >= 11 is 1.57. The number of piperazine rings is 1. The summed E-state index contributed by atoms with van der Waals surface area (Å²) in [5.41, 5.74) is 1.68. The summed E-state index contributed by atoms with van der Waals surface area (Å²) in [5.74, 6) is -0.527. The molecule has 33 heavy (non-hydrogen) atoms. The molecule has 180 valence electrons. The normalized spacial score (nSPS) is 25.9. The number of hydrogen-bond acceptors (Lipinski definition) is 7. The van der Waals surface area contributed by atoms with E-state index >= 15 is 0 Å². The summed E-state index contributed by atoms with van der Waals surface area (Å²) in [4.78, 5) is 40.4. The molecule has 0 spiro atoms. The Morgan fingerprint density at radius 3 is 2.55 bits per heavy atom. The molecule has 3 heterocycles. The number of carbonyl (C=O) groups excluding carboxylic acids is 3. The number of ether oxygens (including phenoxy) is 1. The predicted octanol–water partition coefficient (Wildman–Crippen LogP) is 1.13. The van der Waals surface area contributed by atoms with Crippen molar-refractivity contribution in [2.45, 2.75) is 49.4 Å². The van der Waals surface area contributed by atoms with Crippen LogP contribution in [0.3, 0.4) is 0 Å². The highest BCUT2D eigenvalue weighted by molar-refractivity contribution is 8.01. The Kier molecular flexibility index (Phi) is 6.49. The van der Waals surface area contributed by atoms with Gasteiger partial charge >= 0.3 is 5.97 Å². The lowest BCUT2D eigenvalue weighted by molar-refractivity contribution is -0.158. The van der Waals surface area contributed by atoms with Crippen molar-refractivity contribution in [3.8, 4) is 0 Å². The second-order valence-electron chi connectivity index (χ2n) is 8.93. The fourth-order valence-electron chi connectivity index (χ4n) is 4.72. The standard InChI is InChI=1S/C22H29N3O6S2/c1-15-4-5-18(16(2)12-15)33(29,30)24-10-8-23(9-11-24)20(27)13-31-21(28)17-14-32-22(3)7-6-19(26)25(17)22/h4-5,12,17H,6-11,13-14H2,1-3H3/t17-,22+/m0/s1. The number of thioether (sulfide) groups is 1. The molecule has 0 unspecified atom stereocenters. The number of nitrogens with zero attached hydrogens (tertiary/aromatic N) is 3. The Bertz CT molecular complexity index is 1080. The number of rotatable bonds is 5.